The normalized spacial score (nSPS) is 11.9. The smallest absolute Gasteiger partial charge is 0.337 e. The van der Waals surface area contributed by atoms with E-state index in [0.29, 0.717) is 5.56 Å². The van der Waals surface area contributed by atoms with Crippen LogP contribution >= 0.6 is 11.3 Å². The third-order valence-corrected chi connectivity index (χ3v) is 3.78. The highest BCUT2D eigenvalue weighted by Gasteiger charge is 2.11. The fourth-order valence-corrected chi connectivity index (χ4v) is 2.61. The number of aryl methyl sites for hydroxylation is 1. The molecule has 0 amide bonds. The molecule has 0 bridgehead atoms. The molecule has 0 radical (unpaired) electrons. The lowest BCUT2D eigenvalue weighted by Crippen LogP contribution is -2.08. The van der Waals surface area contributed by atoms with Crippen molar-refractivity contribution in [3.8, 4) is 0 Å². The summed E-state index contributed by atoms with van der Waals surface area (Å²) in [6.45, 7) is 4.12. The summed E-state index contributed by atoms with van der Waals surface area (Å²) in [5.74, 6) is -0.314. The number of hydrogen-bond donors (Lipinski definition) is 1. The number of benzene rings is 1. The van der Waals surface area contributed by atoms with Gasteiger partial charge in [-0.15, -0.1) is 0 Å². The quantitative estimate of drug-likeness (QED) is 0.857. The van der Waals surface area contributed by atoms with Crippen molar-refractivity contribution in [2.24, 2.45) is 0 Å². The molecule has 19 heavy (non-hydrogen) atoms. The van der Waals surface area contributed by atoms with Crippen LogP contribution in [0, 0.1) is 6.92 Å². The van der Waals surface area contributed by atoms with Crippen LogP contribution in [0.2, 0.25) is 0 Å². The highest BCUT2D eigenvalue weighted by atomic mass is 32.1. The zero-order valence-electron chi connectivity index (χ0n) is 11.3. The summed E-state index contributed by atoms with van der Waals surface area (Å²) in [5.41, 5.74) is 3.87. The Bertz CT molecular complexity index is 564. The second kappa shape index (κ2) is 5.89. The molecule has 1 atom stereocenters. The van der Waals surface area contributed by atoms with Gasteiger partial charge in [0.1, 0.15) is 0 Å². The van der Waals surface area contributed by atoms with Crippen molar-refractivity contribution in [1.82, 2.24) is 0 Å². The Kier molecular flexibility index (Phi) is 4.22. The van der Waals surface area contributed by atoms with Crippen molar-refractivity contribution in [2.45, 2.75) is 19.9 Å². The van der Waals surface area contributed by atoms with E-state index in [1.165, 1.54) is 12.7 Å². The number of anilines is 1. The first-order valence-corrected chi connectivity index (χ1v) is 7.03. The molecule has 0 saturated carbocycles. The molecule has 2 rings (SSSR count). The maximum absolute atomic E-state index is 11.5. The Morgan fingerprint density at radius 2 is 2.16 bits per heavy atom. The molecule has 0 fully saturated rings. The molecule has 2 aromatic rings. The summed E-state index contributed by atoms with van der Waals surface area (Å²) >= 11 is 1.68. The van der Waals surface area contributed by atoms with Gasteiger partial charge in [-0.1, -0.05) is 6.07 Å². The second-order valence-corrected chi connectivity index (χ2v) is 5.22. The van der Waals surface area contributed by atoms with Gasteiger partial charge in [0.25, 0.3) is 0 Å². The Hall–Kier alpha value is -1.81. The molecule has 1 aromatic carbocycles. The van der Waals surface area contributed by atoms with Crippen LogP contribution in [0.1, 0.15) is 34.5 Å². The molecule has 0 aliphatic heterocycles. The second-order valence-electron chi connectivity index (χ2n) is 4.44. The number of hydrogen-bond acceptors (Lipinski definition) is 4. The third kappa shape index (κ3) is 3.15. The van der Waals surface area contributed by atoms with Crippen LogP contribution in [0.15, 0.2) is 35.0 Å². The van der Waals surface area contributed by atoms with Crippen molar-refractivity contribution < 1.29 is 9.53 Å². The number of esters is 1. The molecule has 100 valence electrons. The van der Waals surface area contributed by atoms with Crippen LogP contribution in [0.4, 0.5) is 5.69 Å². The van der Waals surface area contributed by atoms with Gasteiger partial charge in [-0.3, -0.25) is 0 Å². The molecule has 1 unspecified atom stereocenters. The largest absolute Gasteiger partial charge is 0.465 e. The lowest BCUT2D eigenvalue weighted by molar-refractivity contribution is 0.0601. The fourth-order valence-electron chi connectivity index (χ4n) is 1.86. The maximum Gasteiger partial charge on any atom is 0.337 e. The SMILES string of the molecule is COC(=O)c1ccc(C)c(NC(C)c2ccsc2)c1. The van der Waals surface area contributed by atoms with Crippen LogP contribution in [-0.2, 0) is 4.74 Å². The van der Waals surface area contributed by atoms with E-state index >= 15 is 0 Å². The van der Waals surface area contributed by atoms with E-state index in [-0.39, 0.29) is 12.0 Å². The van der Waals surface area contributed by atoms with Crippen molar-refractivity contribution in [2.75, 3.05) is 12.4 Å². The molecule has 0 aliphatic carbocycles. The molecule has 0 aliphatic rings. The average molecular weight is 275 g/mol. The molecule has 4 heteroatoms. The summed E-state index contributed by atoms with van der Waals surface area (Å²) in [6, 6.07) is 7.85. The number of carbonyl (C=O) groups is 1. The Labute approximate surface area is 117 Å². The van der Waals surface area contributed by atoms with Crippen LogP contribution in [0.3, 0.4) is 0 Å². The van der Waals surface area contributed by atoms with Gasteiger partial charge in [0.2, 0.25) is 0 Å². The van der Waals surface area contributed by atoms with E-state index in [9.17, 15) is 4.79 Å². The summed E-state index contributed by atoms with van der Waals surface area (Å²) < 4.78 is 4.74. The van der Waals surface area contributed by atoms with E-state index in [1.54, 1.807) is 17.4 Å². The molecule has 0 saturated heterocycles. The minimum Gasteiger partial charge on any atom is -0.465 e. The van der Waals surface area contributed by atoms with Gasteiger partial charge in [0, 0.05) is 11.7 Å². The predicted molar refractivity (Wildman–Crippen MR) is 78.9 cm³/mol. The van der Waals surface area contributed by atoms with Gasteiger partial charge in [-0.05, 0) is 53.9 Å². The van der Waals surface area contributed by atoms with Crippen molar-refractivity contribution in [3.05, 3.63) is 51.7 Å². The van der Waals surface area contributed by atoms with Gasteiger partial charge in [0.15, 0.2) is 0 Å². The first-order chi connectivity index (χ1) is 9.11. The Morgan fingerprint density at radius 3 is 2.79 bits per heavy atom. The molecule has 1 heterocycles. The Balaban J connectivity index is 2.22. The van der Waals surface area contributed by atoms with E-state index in [0.717, 1.165) is 11.3 Å². The van der Waals surface area contributed by atoms with Crippen molar-refractivity contribution >= 4 is 23.0 Å². The van der Waals surface area contributed by atoms with Crippen LogP contribution in [0.5, 0.6) is 0 Å². The number of ether oxygens (including phenoxy) is 1. The van der Waals surface area contributed by atoms with Gasteiger partial charge in [-0.25, -0.2) is 4.79 Å². The molecule has 1 N–H and O–H groups in total. The highest BCUT2D eigenvalue weighted by Crippen LogP contribution is 2.24. The topological polar surface area (TPSA) is 38.3 Å². The minimum absolute atomic E-state index is 0.206. The molecular formula is C15H17NO2S. The lowest BCUT2D eigenvalue weighted by Gasteiger charge is -2.16. The zero-order valence-corrected chi connectivity index (χ0v) is 12.1. The number of nitrogens with one attached hydrogen (secondary N) is 1. The van der Waals surface area contributed by atoms with Crippen LogP contribution < -0.4 is 5.32 Å². The van der Waals surface area contributed by atoms with Crippen molar-refractivity contribution in [3.63, 3.8) is 0 Å². The van der Waals surface area contributed by atoms with Crippen molar-refractivity contribution in [1.29, 1.82) is 0 Å². The minimum atomic E-state index is -0.314. The predicted octanol–water partition coefficient (Wildman–Crippen LogP) is 4.02. The number of thiophene rings is 1. The third-order valence-electron chi connectivity index (χ3n) is 3.07. The zero-order chi connectivity index (χ0) is 13.8. The van der Waals surface area contributed by atoms with E-state index in [4.69, 9.17) is 4.74 Å². The summed E-state index contributed by atoms with van der Waals surface area (Å²) in [5, 5.41) is 7.61. The summed E-state index contributed by atoms with van der Waals surface area (Å²) in [4.78, 5) is 11.5. The maximum atomic E-state index is 11.5. The first kappa shape index (κ1) is 13.6. The Morgan fingerprint density at radius 1 is 1.37 bits per heavy atom. The highest BCUT2D eigenvalue weighted by molar-refractivity contribution is 7.07. The summed E-state index contributed by atoms with van der Waals surface area (Å²) in [7, 11) is 1.39. The number of rotatable bonds is 4. The van der Waals surface area contributed by atoms with E-state index in [2.05, 4.69) is 29.1 Å². The molecule has 3 nitrogen and oxygen atoms in total. The fraction of sp³-hybridized carbons (Fsp3) is 0.267. The molecule has 0 spiro atoms. The average Bonchev–Trinajstić information content (AvgIpc) is 2.94. The number of methoxy groups -OCH3 is 1. The number of carbonyl (C=O) groups excluding carboxylic acids is 1. The van der Waals surface area contributed by atoms with Gasteiger partial charge < -0.3 is 10.1 Å². The molecular weight excluding hydrogens is 258 g/mol. The lowest BCUT2D eigenvalue weighted by atomic mass is 10.1. The first-order valence-electron chi connectivity index (χ1n) is 6.09. The van der Waals surface area contributed by atoms with Crippen LogP contribution in [-0.4, -0.2) is 13.1 Å². The van der Waals surface area contributed by atoms with Gasteiger partial charge in [0.05, 0.1) is 12.7 Å². The summed E-state index contributed by atoms with van der Waals surface area (Å²) in [6.07, 6.45) is 0. The van der Waals surface area contributed by atoms with E-state index in [1.807, 2.05) is 19.1 Å². The monoisotopic (exact) mass is 275 g/mol. The van der Waals surface area contributed by atoms with Crippen LogP contribution in [0.25, 0.3) is 0 Å². The van der Waals surface area contributed by atoms with E-state index < -0.39 is 0 Å². The standard InChI is InChI=1S/C15H17NO2S/c1-10-4-5-12(15(17)18-3)8-14(10)16-11(2)13-6-7-19-9-13/h4-9,11,16H,1-3H3. The van der Waals surface area contributed by atoms with Gasteiger partial charge >= 0.3 is 5.97 Å². The van der Waals surface area contributed by atoms with Gasteiger partial charge in [-0.2, -0.15) is 11.3 Å². The molecule has 1 aromatic heterocycles.